The zero-order valence-corrected chi connectivity index (χ0v) is 21.0. The van der Waals surface area contributed by atoms with E-state index in [1.54, 1.807) is 16.4 Å². The molecule has 2 amide bonds. The minimum Gasteiger partial charge on any atom is -0.445 e. The molecule has 4 rings (SSSR count). The number of ether oxygens (including phenoxy) is 2. The fourth-order valence-corrected chi connectivity index (χ4v) is 4.62. The zero-order chi connectivity index (χ0) is 26.4. The van der Waals surface area contributed by atoms with Crippen LogP contribution in [0.15, 0.2) is 6.33 Å². The molecule has 37 heavy (non-hydrogen) atoms. The molecule has 0 spiro atoms. The fraction of sp³-hybridized carbons (Fsp3) is 0.696. The summed E-state index contributed by atoms with van der Waals surface area (Å²) in [6.07, 6.45) is 1.57. The summed E-state index contributed by atoms with van der Waals surface area (Å²) in [4.78, 5) is 39.7. The fourth-order valence-electron chi connectivity index (χ4n) is 4.62. The van der Waals surface area contributed by atoms with E-state index in [1.807, 2.05) is 0 Å². The number of likely N-dealkylation sites (tertiary alicyclic amines) is 1. The lowest BCUT2D eigenvalue weighted by Gasteiger charge is -2.31. The smallest absolute Gasteiger partial charge is 0.410 e. The molecule has 204 valence electrons. The zero-order valence-electron chi connectivity index (χ0n) is 21.0. The van der Waals surface area contributed by atoms with E-state index in [4.69, 9.17) is 15.2 Å². The van der Waals surface area contributed by atoms with Crippen LogP contribution in [-0.4, -0.2) is 104 Å². The molecule has 0 saturated carbocycles. The summed E-state index contributed by atoms with van der Waals surface area (Å²) < 4.78 is 12.8. The van der Waals surface area contributed by atoms with Crippen molar-refractivity contribution in [3.63, 3.8) is 0 Å². The minimum absolute atomic E-state index is 0.0506. The monoisotopic (exact) mass is 520 g/mol. The second kappa shape index (κ2) is 12.4. The standard InChI is InChI=1S/C23H36N8O6/c1-2-26-22(34)19(16(33)11-32)36-13-31-12-27-18-20(24)28-17(29-21(18)31)9-14-4-7-30(8-5-14)23(35)37-15-3-6-25-10-15/h12,14-16,19,25,32-33H,2-11,13H2,1H3,(H,26,34)(H2,24,28,29)/t15?,16?,19-/m0/s1. The molecule has 3 atom stereocenters. The lowest BCUT2D eigenvalue weighted by atomic mass is 9.93. The number of anilines is 1. The molecule has 2 aromatic heterocycles. The summed E-state index contributed by atoms with van der Waals surface area (Å²) in [5, 5.41) is 25.1. The van der Waals surface area contributed by atoms with E-state index < -0.39 is 24.7 Å². The molecule has 2 saturated heterocycles. The van der Waals surface area contributed by atoms with Gasteiger partial charge in [0, 0.05) is 32.6 Å². The van der Waals surface area contributed by atoms with Crippen molar-refractivity contribution < 1.29 is 29.3 Å². The number of imidazole rings is 1. The number of likely N-dealkylation sites (N-methyl/N-ethyl adjacent to an activating group) is 1. The topological polar surface area (TPSA) is 190 Å². The third-order valence-electron chi connectivity index (χ3n) is 6.70. The van der Waals surface area contributed by atoms with Crippen LogP contribution in [0, 0.1) is 5.92 Å². The normalized spacial score (nSPS) is 20.2. The van der Waals surface area contributed by atoms with E-state index in [0.29, 0.717) is 49.6 Å². The molecule has 14 heteroatoms. The van der Waals surface area contributed by atoms with Gasteiger partial charge in [-0.3, -0.25) is 9.36 Å². The number of nitrogen functional groups attached to an aromatic ring is 1. The first-order valence-corrected chi connectivity index (χ1v) is 12.7. The SMILES string of the molecule is CCNC(=O)[C@@H](OCn1cnc2c(N)nc(CC3CCN(C(=O)OC4CCNC4)CC3)nc21)C(O)CO. The molecule has 2 fully saturated rings. The molecule has 0 bridgehead atoms. The van der Waals surface area contributed by atoms with Crippen molar-refractivity contribution in [2.75, 3.05) is 45.1 Å². The number of aliphatic hydroxyl groups is 2. The number of nitrogens with one attached hydrogen (secondary N) is 2. The van der Waals surface area contributed by atoms with Gasteiger partial charge >= 0.3 is 6.09 Å². The third-order valence-corrected chi connectivity index (χ3v) is 6.70. The number of hydrogen-bond acceptors (Lipinski definition) is 11. The Morgan fingerprint density at radius 3 is 2.76 bits per heavy atom. The molecule has 2 aliphatic heterocycles. The Kier molecular flexibility index (Phi) is 9.08. The maximum atomic E-state index is 12.4. The Balaban J connectivity index is 1.37. The van der Waals surface area contributed by atoms with Crippen LogP contribution in [0.2, 0.25) is 0 Å². The molecule has 0 radical (unpaired) electrons. The summed E-state index contributed by atoms with van der Waals surface area (Å²) in [6.45, 7) is 4.15. The van der Waals surface area contributed by atoms with Gasteiger partial charge in [0.05, 0.1) is 12.9 Å². The number of hydrogen-bond donors (Lipinski definition) is 5. The first-order valence-electron chi connectivity index (χ1n) is 12.7. The van der Waals surface area contributed by atoms with E-state index in [2.05, 4.69) is 25.6 Å². The van der Waals surface area contributed by atoms with Gasteiger partial charge in [-0.1, -0.05) is 0 Å². The van der Waals surface area contributed by atoms with Crippen LogP contribution in [0.4, 0.5) is 10.6 Å². The van der Waals surface area contributed by atoms with Crippen molar-refractivity contribution in [2.24, 2.45) is 5.92 Å². The summed E-state index contributed by atoms with van der Waals surface area (Å²) >= 11 is 0. The molecule has 2 aromatic rings. The molecular weight excluding hydrogens is 484 g/mol. The van der Waals surface area contributed by atoms with Gasteiger partial charge in [-0.2, -0.15) is 0 Å². The Labute approximate surface area is 214 Å². The van der Waals surface area contributed by atoms with Crippen LogP contribution in [0.25, 0.3) is 11.2 Å². The number of carbonyl (C=O) groups is 2. The summed E-state index contributed by atoms with van der Waals surface area (Å²) in [7, 11) is 0. The lowest BCUT2D eigenvalue weighted by molar-refractivity contribution is -0.147. The Morgan fingerprint density at radius 1 is 1.30 bits per heavy atom. The van der Waals surface area contributed by atoms with E-state index in [-0.39, 0.29) is 30.7 Å². The van der Waals surface area contributed by atoms with Crippen LogP contribution in [-0.2, 0) is 27.4 Å². The molecule has 4 heterocycles. The molecule has 2 aliphatic rings. The van der Waals surface area contributed by atoms with Gasteiger partial charge in [0.1, 0.15) is 30.3 Å². The number of nitrogens with two attached hydrogens (primary N) is 1. The number of nitrogens with zero attached hydrogens (tertiary/aromatic N) is 5. The van der Waals surface area contributed by atoms with Crippen LogP contribution >= 0.6 is 0 Å². The Morgan fingerprint density at radius 2 is 2.08 bits per heavy atom. The van der Waals surface area contributed by atoms with Crippen molar-refractivity contribution >= 4 is 29.0 Å². The molecule has 6 N–H and O–H groups in total. The summed E-state index contributed by atoms with van der Waals surface area (Å²) in [5.41, 5.74) is 7.00. The highest BCUT2D eigenvalue weighted by Gasteiger charge is 2.29. The first-order chi connectivity index (χ1) is 17.9. The molecule has 14 nitrogen and oxygen atoms in total. The van der Waals surface area contributed by atoms with Crippen LogP contribution in [0.3, 0.4) is 0 Å². The predicted molar refractivity (Wildman–Crippen MR) is 132 cm³/mol. The highest BCUT2D eigenvalue weighted by atomic mass is 16.6. The third kappa shape index (κ3) is 6.63. The molecule has 0 aliphatic carbocycles. The number of carbonyl (C=O) groups excluding carboxylic acids is 2. The van der Waals surface area contributed by atoms with Gasteiger partial charge < -0.3 is 41.0 Å². The Hall–Kier alpha value is -3.07. The first kappa shape index (κ1) is 27.0. The summed E-state index contributed by atoms with van der Waals surface area (Å²) in [6, 6.07) is 0. The largest absolute Gasteiger partial charge is 0.445 e. The van der Waals surface area contributed by atoms with Crippen molar-refractivity contribution in [3.8, 4) is 0 Å². The maximum absolute atomic E-state index is 12.4. The van der Waals surface area contributed by atoms with Crippen LogP contribution in [0.5, 0.6) is 0 Å². The summed E-state index contributed by atoms with van der Waals surface area (Å²) in [5.74, 6) is 0.544. The van der Waals surface area contributed by atoms with Crippen LogP contribution in [0.1, 0.15) is 32.0 Å². The van der Waals surface area contributed by atoms with Gasteiger partial charge in [-0.25, -0.2) is 19.7 Å². The van der Waals surface area contributed by atoms with Crippen molar-refractivity contribution in [1.82, 2.24) is 35.1 Å². The average Bonchev–Trinajstić information content (AvgIpc) is 3.55. The van der Waals surface area contributed by atoms with E-state index >= 15 is 0 Å². The van der Waals surface area contributed by atoms with Crippen molar-refractivity contribution in [1.29, 1.82) is 0 Å². The second-order valence-corrected chi connectivity index (χ2v) is 9.41. The average molecular weight is 521 g/mol. The van der Waals surface area contributed by atoms with Crippen molar-refractivity contribution in [2.45, 2.75) is 57.6 Å². The number of aliphatic hydroxyl groups excluding tert-OH is 2. The van der Waals surface area contributed by atoms with E-state index in [9.17, 15) is 19.8 Å². The maximum Gasteiger partial charge on any atom is 0.410 e. The van der Waals surface area contributed by atoms with Gasteiger partial charge in [-0.15, -0.1) is 0 Å². The molecular formula is C23H36N8O6. The Bertz CT molecular complexity index is 1070. The van der Waals surface area contributed by atoms with Gasteiger partial charge in [0.15, 0.2) is 17.6 Å². The number of amides is 2. The number of aromatic nitrogens is 4. The highest BCUT2D eigenvalue weighted by molar-refractivity contribution is 5.82. The van der Waals surface area contributed by atoms with Gasteiger partial charge in [0.2, 0.25) is 0 Å². The lowest BCUT2D eigenvalue weighted by Crippen LogP contribution is -2.45. The van der Waals surface area contributed by atoms with Gasteiger partial charge in [0.25, 0.3) is 5.91 Å². The minimum atomic E-state index is -1.38. The van der Waals surface area contributed by atoms with Crippen molar-refractivity contribution in [3.05, 3.63) is 12.2 Å². The van der Waals surface area contributed by atoms with Crippen LogP contribution < -0.4 is 16.4 Å². The van der Waals surface area contributed by atoms with Gasteiger partial charge in [-0.05, 0) is 38.6 Å². The molecule has 2 unspecified atom stereocenters. The molecule has 0 aromatic carbocycles. The quantitative estimate of drug-likeness (QED) is 0.258. The number of piperidine rings is 1. The second-order valence-electron chi connectivity index (χ2n) is 9.41. The number of fused-ring (bicyclic) bond motifs is 1. The van der Waals surface area contributed by atoms with E-state index in [0.717, 1.165) is 25.8 Å². The highest BCUT2D eigenvalue weighted by Crippen LogP contribution is 2.24. The predicted octanol–water partition coefficient (Wildman–Crippen LogP) is -1.01. The number of rotatable bonds is 10. The van der Waals surface area contributed by atoms with E-state index in [1.165, 1.54) is 6.33 Å².